The van der Waals surface area contributed by atoms with Crippen molar-refractivity contribution < 1.29 is 4.92 Å². The molecular weight excluding hydrogens is 196 g/mol. The minimum Gasteiger partial charge on any atom is -0.317 e. The first-order valence-corrected chi connectivity index (χ1v) is 5.16. The van der Waals surface area contributed by atoms with E-state index in [2.05, 4.69) is 10.4 Å². The standard InChI is InChI=1S/C9H14N4O2/c14-13(15)9-6-11-12(7-9)8-2-1-4-10-5-3-8/h6-8,10H,1-5H2. The molecule has 1 aromatic heterocycles. The van der Waals surface area contributed by atoms with Gasteiger partial charge in [0.05, 0.1) is 11.0 Å². The predicted octanol–water partition coefficient (Wildman–Crippen LogP) is 1.11. The average Bonchev–Trinajstić information content (AvgIpc) is 2.55. The highest BCUT2D eigenvalue weighted by Crippen LogP contribution is 2.21. The zero-order chi connectivity index (χ0) is 10.7. The molecule has 1 aromatic rings. The molecule has 2 heterocycles. The monoisotopic (exact) mass is 210 g/mol. The summed E-state index contributed by atoms with van der Waals surface area (Å²) in [7, 11) is 0. The largest absolute Gasteiger partial charge is 0.317 e. The number of aromatic nitrogens is 2. The van der Waals surface area contributed by atoms with Gasteiger partial charge in [0, 0.05) is 0 Å². The molecule has 1 atom stereocenters. The maximum absolute atomic E-state index is 10.5. The summed E-state index contributed by atoms with van der Waals surface area (Å²) in [5, 5.41) is 17.9. The summed E-state index contributed by atoms with van der Waals surface area (Å²) in [6.07, 6.45) is 5.96. The lowest BCUT2D eigenvalue weighted by Gasteiger charge is -2.13. The summed E-state index contributed by atoms with van der Waals surface area (Å²) in [6, 6.07) is 0.300. The molecule has 1 fully saturated rings. The summed E-state index contributed by atoms with van der Waals surface area (Å²) in [5.74, 6) is 0. The van der Waals surface area contributed by atoms with E-state index in [0.29, 0.717) is 6.04 Å². The summed E-state index contributed by atoms with van der Waals surface area (Å²) in [5.41, 5.74) is 0.0761. The SMILES string of the molecule is O=[N+]([O-])c1cnn(C2CCCNCC2)c1. The third kappa shape index (κ3) is 2.33. The van der Waals surface area contributed by atoms with Crippen molar-refractivity contribution in [1.29, 1.82) is 0 Å². The smallest absolute Gasteiger partial charge is 0.307 e. The molecule has 0 amide bonds. The number of hydrogen-bond acceptors (Lipinski definition) is 4. The molecule has 0 aromatic carbocycles. The van der Waals surface area contributed by atoms with Crippen molar-refractivity contribution >= 4 is 5.69 Å². The maximum Gasteiger partial charge on any atom is 0.307 e. The van der Waals surface area contributed by atoms with Crippen LogP contribution in [0.5, 0.6) is 0 Å². The summed E-state index contributed by atoms with van der Waals surface area (Å²) >= 11 is 0. The Balaban J connectivity index is 2.10. The molecule has 1 N–H and O–H groups in total. The highest BCUT2D eigenvalue weighted by atomic mass is 16.6. The molecule has 82 valence electrons. The molecule has 1 aliphatic heterocycles. The number of nitrogens with zero attached hydrogens (tertiary/aromatic N) is 3. The van der Waals surface area contributed by atoms with Crippen LogP contribution < -0.4 is 5.32 Å². The topological polar surface area (TPSA) is 73.0 Å². The lowest BCUT2D eigenvalue weighted by Crippen LogP contribution is -2.15. The summed E-state index contributed by atoms with van der Waals surface area (Å²) < 4.78 is 1.73. The molecule has 1 aliphatic rings. The van der Waals surface area contributed by atoms with Crippen molar-refractivity contribution in [3.05, 3.63) is 22.5 Å². The number of hydrogen-bond donors (Lipinski definition) is 1. The van der Waals surface area contributed by atoms with Gasteiger partial charge in [0.2, 0.25) is 0 Å². The van der Waals surface area contributed by atoms with E-state index in [9.17, 15) is 10.1 Å². The van der Waals surface area contributed by atoms with Crippen molar-refractivity contribution in [1.82, 2.24) is 15.1 Å². The van der Waals surface area contributed by atoms with Crippen LogP contribution in [-0.4, -0.2) is 27.8 Å². The molecule has 0 bridgehead atoms. The van der Waals surface area contributed by atoms with Crippen molar-refractivity contribution in [3.63, 3.8) is 0 Å². The Morgan fingerprint density at radius 1 is 1.53 bits per heavy atom. The van der Waals surface area contributed by atoms with E-state index in [1.54, 1.807) is 4.68 Å². The quantitative estimate of drug-likeness (QED) is 0.586. The van der Waals surface area contributed by atoms with E-state index >= 15 is 0 Å². The lowest BCUT2D eigenvalue weighted by atomic mass is 10.1. The maximum atomic E-state index is 10.5. The minimum absolute atomic E-state index is 0.0761. The van der Waals surface area contributed by atoms with E-state index in [1.807, 2.05) is 0 Å². The highest BCUT2D eigenvalue weighted by Gasteiger charge is 2.17. The second kappa shape index (κ2) is 4.39. The molecule has 6 heteroatoms. The van der Waals surface area contributed by atoms with Gasteiger partial charge in [-0.2, -0.15) is 5.10 Å². The highest BCUT2D eigenvalue weighted by molar-refractivity contribution is 5.21. The number of rotatable bonds is 2. The summed E-state index contributed by atoms with van der Waals surface area (Å²) in [6.45, 7) is 1.98. The fourth-order valence-corrected chi connectivity index (χ4v) is 1.89. The third-order valence-corrected chi connectivity index (χ3v) is 2.72. The van der Waals surface area contributed by atoms with E-state index in [4.69, 9.17) is 0 Å². The molecule has 6 nitrogen and oxygen atoms in total. The zero-order valence-corrected chi connectivity index (χ0v) is 8.43. The molecule has 0 saturated carbocycles. The van der Waals surface area contributed by atoms with Gasteiger partial charge < -0.3 is 5.32 Å². The van der Waals surface area contributed by atoms with Crippen molar-refractivity contribution in [3.8, 4) is 0 Å². The van der Waals surface area contributed by atoms with Crippen molar-refractivity contribution in [2.75, 3.05) is 13.1 Å². The third-order valence-electron chi connectivity index (χ3n) is 2.72. The molecule has 0 radical (unpaired) electrons. The molecule has 1 unspecified atom stereocenters. The van der Waals surface area contributed by atoms with Gasteiger partial charge in [-0.15, -0.1) is 0 Å². The summed E-state index contributed by atoms with van der Waals surface area (Å²) in [4.78, 5) is 10.1. The first-order chi connectivity index (χ1) is 7.27. The Kier molecular flexibility index (Phi) is 2.96. The van der Waals surface area contributed by atoms with Crippen LogP contribution in [0.1, 0.15) is 25.3 Å². The molecule has 1 saturated heterocycles. The molecule has 0 aliphatic carbocycles. The Morgan fingerprint density at radius 2 is 2.40 bits per heavy atom. The molecule has 0 spiro atoms. The Labute approximate surface area is 87.4 Å². The van der Waals surface area contributed by atoms with Gasteiger partial charge in [-0.05, 0) is 32.4 Å². The van der Waals surface area contributed by atoms with Crippen LogP contribution >= 0.6 is 0 Å². The van der Waals surface area contributed by atoms with Gasteiger partial charge in [0.25, 0.3) is 0 Å². The first kappa shape index (κ1) is 10.1. The van der Waals surface area contributed by atoms with Crippen LogP contribution in [0.2, 0.25) is 0 Å². The Bertz CT molecular complexity index is 342. The van der Waals surface area contributed by atoms with Crippen LogP contribution in [0.25, 0.3) is 0 Å². The van der Waals surface area contributed by atoms with E-state index in [0.717, 1.165) is 32.4 Å². The van der Waals surface area contributed by atoms with E-state index < -0.39 is 4.92 Å². The Hall–Kier alpha value is -1.43. The average molecular weight is 210 g/mol. The predicted molar refractivity (Wildman–Crippen MR) is 54.6 cm³/mol. The number of nitrogens with one attached hydrogen (secondary N) is 1. The normalized spacial score (nSPS) is 22.3. The number of nitro groups is 1. The van der Waals surface area contributed by atoms with Crippen molar-refractivity contribution in [2.45, 2.75) is 25.3 Å². The van der Waals surface area contributed by atoms with E-state index in [1.165, 1.54) is 12.4 Å². The van der Waals surface area contributed by atoms with Crippen molar-refractivity contribution in [2.24, 2.45) is 0 Å². The van der Waals surface area contributed by atoms with Gasteiger partial charge in [-0.25, -0.2) is 0 Å². The lowest BCUT2D eigenvalue weighted by molar-refractivity contribution is -0.385. The zero-order valence-electron chi connectivity index (χ0n) is 8.43. The van der Waals surface area contributed by atoms with Crippen LogP contribution in [0.15, 0.2) is 12.4 Å². The molecule has 2 rings (SSSR count). The molecule has 15 heavy (non-hydrogen) atoms. The second-order valence-corrected chi connectivity index (χ2v) is 3.77. The fraction of sp³-hybridized carbons (Fsp3) is 0.667. The van der Waals surface area contributed by atoms with Gasteiger partial charge >= 0.3 is 5.69 Å². The Morgan fingerprint density at radius 3 is 3.13 bits per heavy atom. The van der Waals surface area contributed by atoms with E-state index in [-0.39, 0.29) is 5.69 Å². The van der Waals surface area contributed by atoms with Gasteiger partial charge in [0.15, 0.2) is 0 Å². The van der Waals surface area contributed by atoms with Crippen LogP contribution in [0, 0.1) is 10.1 Å². The van der Waals surface area contributed by atoms with Gasteiger partial charge in [-0.1, -0.05) is 0 Å². The minimum atomic E-state index is -0.404. The first-order valence-electron chi connectivity index (χ1n) is 5.16. The second-order valence-electron chi connectivity index (χ2n) is 3.77. The fourth-order valence-electron chi connectivity index (χ4n) is 1.89. The van der Waals surface area contributed by atoms with Gasteiger partial charge in [-0.3, -0.25) is 14.8 Å². The van der Waals surface area contributed by atoms with Crippen LogP contribution in [0.4, 0.5) is 5.69 Å². The van der Waals surface area contributed by atoms with Crippen LogP contribution in [0.3, 0.4) is 0 Å². The molecular formula is C9H14N4O2. The van der Waals surface area contributed by atoms with Gasteiger partial charge in [0.1, 0.15) is 12.4 Å². The van der Waals surface area contributed by atoms with Crippen LogP contribution in [-0.2, 0) is 0 Å².